The highest BCUT2D eigenvalue weighted by Gasteiger charge is 2.39. The van der Waals surface area contributed by atoms with Crippen molar-refractivity contribution in [1.82, 2.24) is 19.4 Å². The van der Waals surface area contributed by atoms with Crippen molar-refractivity contribution >= 4 is 11.0 Å². The maximum absolute atomic E-state index is 4.42. The van der Waals surface area contributed by atoms with E-state index in [9.17, 15) is 0 Å². The Labute approximate surface area is 113 Å². The zero-order valence-electron chi connectivity index (χ0n) is 11.1. The van der Waals surface area contributed by atoms with Crippen LogP contribution in [0, 0.1) is 14.1 Å². The van der Waals surface area contributed by atoms with Crippen LogP contribution in [0.25, 0.3) is 11.0 Å². The molecule has 1 fully saturated rings. The maximum atomic E-state index is 4.42. The van der Waals surface area contributed by atoms with E-state index in [-0.39, 0.29) is 5.41 Å². The second-order valence-corrected chi connectivity index (χ2v) is 5.98. The highest BCUT2D eigenvalue weighted by molar-refractivity contribution is 5.83. The Bertz CT molecular complexity index is 637. The van der Waals surface area contributed by atoms with E-state index < -0.39 is 0 Å². The normalized spacial score (nSPS) is 22.2. The molecule has 1 aliphatic carbocycles. The summed E-state index contributed by atoms with van der Waals surface area (Å²) in [7, 11) is 8.37. The van der Waals surface area contributed by atoms with E-state index in [1.165, 1.54) is 42.3 Å². The van der Waals surface area contributed by atoms with E-state index in [0.29, 0.717) is 0 Å². The molecular weight excluding hydrogens is 236 g/mol. The van der Waals surface area contributed by atoms with Gasteiger partial charge < -0.3 is 9.47 Å². The number of hydrogen-bond donors (Lipinski definition) is 0. The van der Waals surface area contributed by atoms with E-state index in [0.717, 1.165) is 18.7 Å². The van der Waals surface area contributed by atoms with Crippen molar-refractivity contribution in [2.24, 2.45) is 0 Å². The van der Waals surface area contributed by atoms with Crippen molar-refractivity contribution in [1.29, 1.82) is 0 Å². The van der Waals surface area contributed by atoms with Crippen molar-refractivity contribution in [3.8, 4) is 0 Å². The van der Waals surface area contributed by atoms with Gasteiger partial charge in [0.05, 0.1) is 0 Å². The fourth-order valence-corrected chi connectivity index (χ4v) is 4.12. The molecule has 4 nitrogen and oxygen atoms in total. The van der Waals surface area contributed by atoms with E-state index in [1.807, 2.05) is 10.8 Å². The maximum Gasteiger partial charge on any atom is 0.103 e. The molecule has 1 aliphatic heterocycles. The van der Waals surface area contributed by atoms with Crippen molar-refractivity contribution in [3.05, 3.63) is 37.9 Å². The van der Waals surface area contributed by atoms with Crippen LogP contribution in [0.3, 0.4) is 0 Å². The lowest BCUT2D eigenvalue weighted by molar-refractivity contribution is 0.232. The third kappa shape index (κ3) is 1.40. The van der Waals surface area contributed by atoms with Gasteiger partial charge >= 0.3 is 0 Å². The van der Waals surface area contributed by atoms with Crippen LogP contribution in [-0.2, 0) is 12.0 Å². The van der Waals surface area contributed by atoms with Crippen molar-refractivity contribution in [3.63, 3.8) is 0 Å². The van der Waals surface area contributed by atoms with Crippen LogP contribution in [0.5, 0.6) is 0 Å². The summed E-state index contributed by atoms with van der Waals surface area (Å²) >= 11 is 0. The van der Waals surface area contributed by atoms with Gasteiger partial charge in [-0.25, -0.2) is 4.98 Å². The van der Waals surface area contributed by atoms with Gasteiger partial charge in [-0.1, -0.05) is 24.1 Å². The van der Waals surface area contributed by atoms with Crippen LogP contribution in [0.4, 0.5) is 0 Å². The summed E-state index contributed by atoms with van der Waals surface area (Å²) in [6.45, 7) is 1.91. The summed E-state index contributed by atoms with van der Waals surface area (Å²) in [5.41, 5.74) is 3.94. The molecule has 2 aliphatic rings. The first-order chi connectivity index (χ1) is 9.21. The van der Waals surface area contributed by atoms with Gasteiger partial charge in [-0.15, -0.1) is 7.05 Å². The first kappa shape index (κ1) is 11.3. The molecule has 0 saturated heterocycles. The summed E-state index contributed by atoms with van der Waals surface area (Å²) in [5, 5.41) is 1.20. The first-order valence-electron chi connectivity index (χ1n) is 6.91. The average Bonchev–Trinajstić information content (AvgIpc) is 2.96. The van der Waals surface area contributed by atoms with Gasteiger partial charge in [0.15, 0.2) is 0 Å². The molecular formula is C15H18N4-2. The Kier molecular flexibility index (Phi) is 2.22. The molecule has 0 radical (unpaired) electrons. The third-order valence-electron chi connectivity index (χ3n) is 4.82. The molecule has 1 saturated carbocycles. The standard InChI is InChI=1S/C15H18N4/c1-18-8-12-13(15(9-18)5-3-4-6-15)11-7-16-10-17-14(11)19(12)2/h7,10H,1-6,8-9H2/q-2. The number of hydrogen-bond acceptors (Lipinski definition) is 3. The molecule has 0 bridgehead atoms. The molecule has 0 aromatic carbocycles. The van der Waals surface area contributed by atoms with E-state index in [1.54, 1.807) is 6.33 Å². The van der Waals surface area contributed by atoms with Crippen LogP contribution in [0.2, 0.25) is 0 Å². The Hall–Kier alpha value is -1.55. The first-order valence-corrected chi connectivity index (χ1v) is 6.91. The van der Waals surface area contributed by atoms with Crippen LogP contribution in [0.15, 0.2) is 12.5 Å². The smallest absolute Gasteiger partial charge is 0.103 e. The Morgan fingerprint density at radius 3 is 2.79 bits per heavy atom. The molecule has 100 valence electrons. The highest BCUT2D eigenvalue weighted by atomic mass is 15.2. The van der Waals surface area contributed by atoms with Gasteiger partial charge in [-0.3, -0.25) is 12.0 Å². The summed E-state index contributed by atoms with van der Waals surface area (Å²) in [6.07, 6.45) is 8.69. The molecule has 0 amide bonds. The van der Waals surface area contributed by atoms with Gasteiger partial charge in [0.2, 0.25) is 0 Å². The number of nitrogens with zero attached hydrogens (tertiary/aromatic N) is 4. The Balaban J connectivity index is 2.06. The summed E-state index contributed by atoms with van der Waals surface area (Å²) < 4.78 is 1.99. The molecule has 2 aromatic rings. The minimum absolute atomic E-state index is 0.251. The predicted octanol–water partition coefficient (Wildman–Crippen LogP) is 2.49. The lowest BCUT2D eigenvalue weighted by atomic mass is 9.75. The van der Waals surface area contributed by atoms with Gasteiger partial charge in [-0.05, 0) is 36.7 Å². The van der Waals surface area contributed by atoms with Gasteiger partial charge in [-0.2, -0.15) is 0 Å². The fraction of sp³-hybridized carbons (Fsp3) is 0.467. The predicted molar refractivity (Wildman–Crippen MR) is 74.2 cm³/mol. The summed E-state index contributed by atoms with van der Waals surface area (Å²) in [4.78, 5) is 10.8. The minimum atomic E-state index is 0.251. The molecule has 0 atom stereocenters. The van der Waals surface area contributed by atoms with Crippen molar-refractivity contribution in [2.75, 3.05) is 6.54 Å². The molecule has 1 spiro atoms. The van der Waals surface area contributed by atoms with Crippen LogP contribution >= 0.6 is 0 Å². The monoisotopic (exact) mass is 254 g/mol. The highest BCUT2D eigenvalue weighted by Crippen LogP contribution is 2.48. The topological polar surface area (TPSA) is 34.0 Å². The van der Waals surface area contributed by atoms with Crippen LogP contribution in [0.1, 0.15) is 36.9 Å². The molecule has 4 heteroatoms. The minimum Gasteiger partial charge on any atom is -0.468 e. The molecule has 2 aromatic heterocycles. The van der Waals surface area contributed by atoms with Gasteiger partial charge in [0.25, 0.3) is 0 Å². The van der Waals surface area contributed by atoms with Crippen LogP contribution < -0.4 is 0 Å². The summed E-state index contributed by atoms with van der Waals surface area (Å²) in [6, 6.07) is 0. The molecule has 0 unspecified atom stereocenters. The van der Waals surface area contributed by atoms with E-state index in [2.05, 4.69) is 29.0 Å². The van der Waals surface area contributed by atoms with Crippen LogP contribution in [-0.4, -0.2) is 26.0 Å². The third-order valence-corrected chi connectivity index (χ3v) is 4.82. The number of aromatic nitrogens is 3. The second-order valence-electron chi connectivity index (χ2n) is 5.98. The SMILES string of the molecule is [CH2-]N1Cc2c(c3cncnc3n2[CH2-])C2(CCCC2)C1. The number of rotatable bonds is 0. The van der Waals surface area contributed by atoms with Gasteiger partial charge in [0.1, 0.15) is 6.33 Å². The Morgan fingerprint density at radius 2 is 2.00 bits per heavy atom. The lowest BCUT2D eigenvalue weighted by Gasteiger charge is -2.46. The molecule has 19 heavy (non-hydrogen) atoms. The molecule has 4 rings (SSSR count). The Morgan fingerprint density at radius 1 is 1.21 bits per heavy atom. The van der Waals surface area contributed by atoms with Crippen molar-refractivity contribution in [2.45, 2.75) is 37.6 Å². The average molecular weight is 254 g/mol. The zero-order valence-corrected chi connectivity index (χ0v) is 11.1. The zero-order chi connectivity index (χ0) is 13.0. The summed E-state index contributed by atoms with van der Waals surface area (Å²) in [5.74, 6) is 0. The van der Waals surface area contributed by atoms with Crippen molar-refractivity contribution < 1.29 is 0 Å². The quantitative estimate of drug-likeness (QED) is 0.677. The fourth-order valence-electron chi connectivity index (χ4n) is 4.12. The number of fused-ring (bicyclic) bond motifs is 4. The van der Waals surface area contributed by atoms with Gasteiger partial charge in [0, 0.05) is 11.8 Å². The molecule has 0 N–H and O–H groups in total. The molecule has 3 heterocycles. The largest absolute Gasteiger partial charge is 0.468 e. The van der Waals surface area contributed by atoms with E-state index >= 15 is 0 Å². The van der Waals surface area contributed by atoms with E-state index in [4.69, 9.17) is 0 Å². The second kappa shape index (κ2) is 3.73. The lowest BCUT2D eigenvalue weighted by Crippen LogP contribution is -2.41.